The lowest BCUT2D eigenvalue weighted by Crippen LogP contribution is -2.29. The van der Waals surface area contributed by atoms with Crippen molar-refractivity contribution in [3.05, 3.63) is 187 Å². The lowest BCUT2D eigenvalue weighted by atomic mass is 9.85. The van der Waals surface area contributed by atoms with Gasteiger partial charge in [-0.2, -0.15) is 0 Å². The van der Waals surface area contributed by atoms with E-state index in [1.54, 1.807) is 24.3 Å². The summed E-state index contributed by atoms with van der Waals surface area (Å²) in [7, 11) is 0. The fraction of sp³-hybridized carbons (Fsp3) is 0.0612. The molecule has 2 heterocycles. The van der Waals surface area contributed by atoms with Crippen molar-refractivity contribution >= 4 is 5.69 Å². The number of benzene rings is 7. The summed E-state index contributed by atoms with van der Waals surface area (Å²) in [6.45, 7) is 11.6. The highest BCUT2D eigenvalue weighted by Gasteiger charge is 2.32. The molecular weight excluding hydrogens is 680 g/mol. The van der Waals surface area contributed by atoms with Gasteiger partial charge in [-0.05, 0) is 89.2 Å². The summed E-state index contributed by atoms with van der Waals surface area (Å²) in [6, 6.07) is 53.1. The normalized spacial score (nSPS) is 12.5. The molecule has 0 N–H and O–H groups in total. The monoisotopic (exact) mass is 712 g/mol. The predicted molar refractivity (Wildman–Crippen MR) is 218 cm³/mol. The summed E-state index contributed by atoms with van der Waals surface area (Å²) < 4.78 is 20.8. The molecule has 5 nitrogen and oxygen atoms in total. The quantitative estimate of drug-likeness (QED) is 0.161. The molecule has 1 aliphatic rings. The number of nitrogens with zero attached hydrogens (tertiary/aromatic N) is 4. The van der Waals surface area contributed by atoms with Crippen LogP contribution in [0.25, 0.3) is 83.5 Å². The van der Waals surface area contributed by atoms with Crippen molar-refractivity contribution in [1.82, 2.24) is 15.0 Å². The fourth-order valence-corrected chi connectivity index (χ4v) is 7.20. The molecular formula is C49H33FN4O. The Morgan fingerprint density at radius 3 is 1.64 bits per heavy atom. The molecule has 0 atom stereocenters. The third-order valence-electron chi connectivity index (χ3n) is 10.1. The molecule has 1 aliphatic heterocycles. The van der Waals surface area contributed by atoms with Crippen LogP contribution in [-0.4, -0.2) is 15.0 Å². The van der Waals surface area contributed by atoms with E-state index in [1.165, 1.54) is 12.1 Å². The molecule has 0 saturated heterocycles. The highest BCUT2D eigenvalue weighted by molar-refractivity contribution is 5.84. The summed E-state index contributed by atoms with van der Waals surface area (Å²) in [5, 5.41) is 0. The first-order valence-corrected chi connectivity index (χ1v) is 18.1. The van der Waals surface area contributed by atoms with Crippen LogP contribution < -0.4 is 4.74 Å². The van der Waals surface area contributed by atoms with Crippen LogP contribution >= 0.6 is 0 Å². The van der Waals surface area contributed by atoms with Crippen LogP contribution in [0.1, 0.15) is 19.4 Å². The zero-order valence-corrected chi connectivity index (χ0v) is 30.2. The van der Waals surface area contributed by atoms with Gasteiger partial charge in [-0.15, -0.1) is 0 Å². The van der Waals surface area contributed by atoms with Crippen LogP contribution in [0.3, 0.4) is 0 Å². The van der Waals surface area contributed by atoms with Crippen LogP contribution in [0.15, 0.2) is 164 Å². The largest absolute Gasteiger partial charge is 0.482 e. The van der Waals surface area contributed by atoms with Crippen molar-refractivity contribution in [1.29, 1.82) is 0 Å². The lowest BCUT2D eigenvalue weighted by molar-refractivity contribution is 0.106. The van der Waals surface area contributed by atoms with E-state index >= 15 is 0 Å². The highest BCUT2D eigenvalue weighted by Crippen LogP contribution is 2.47. The molecule has 55 heavy (non-hydrogen) atoms. The summed E-state index contributed by atoms with van der Waals surface area (Å²) >= 11 is 0. The van der Waals surface area contributed by atoms with Gasteiger partial charge in [-0.3, -0.25) is 0 Å². The second kappa shape index (κ2) is 13.6. The van der Waals surface area contributed by atoms with Gasteiger partial charge in [0.05, 0.1) is 6.57 Å². The Morgan fingerprint density at radius 2 is 0.964 bits per heavy atom. The molecule has 0 amide bonds. The second-order valence-corrected chi connectivity index (χ2v) is 14.1. The molecule has 8 aromatic rings. The maximum Gasteiger partial charge on any atom is 0.187 e. The summed E-state index contributed by atoms with van der Waals surface area (Å²) in [5.74, 6) is 1.99. The molecule has 0 radical (unpaired) electrons. The number of hydrogen-bond acceptors (Lipinski definition) is 4. The van der Waals surface area contributed by atoms with Gasteiger partial charge in [0.25, 0.3) is 0 Å². The maximum absolute atomic E-state index is 14.1. The van der Waals surface area contributed by atoms with Crippen LogP contribution in [0, 0.1) is 12.4 Å². The van der Waals surface area contributed by atoms with Crippen molar-refractivity contribution in [2.75, 3.05) is 0 Å². The number of ether oxygens (including phenoxy) is 1. The molecule has 262 valence electrons. The zero-order valence-electron chi connectivity index (χ0n) is 30.2. The Balaban J connectivity index is 1.21. The van der Waals surface area contributed by atoms with E-state index in [0.717, 1.165) is 72.5 Å². The molecule has 0 saturated carbocycles. The van der Waals surface area contributed by atoms with Crippen LogP contribution in [0.2, 0.25) is 0 Å². The van der Waals surface area contributed by atoms with Gasteiger partial charge < -0.3 is 4.74 Å². The van der Waals surface area contributed by atoms with Crippen molar-refractivity contribution in [2.24, 2.45) is 0 Å². The fourth-order valence-electron chi connectivity index (χ4n) is 7.20. The summed E-state index contributed by atoms with van der Waals surface area (Å²) in [4.78, 5) is 18.6. The molecule has 0 fully saturated rings. The molecule has 0 unspecified atom stereocenters. The van der Waals surface area contributed by atoms with E-state index in [-0.39, 0.29) is 5.82 Å². The van der Waals surface area contributed by atoms with Gasteiger partial charge in [0.1, 0.15) is 17.2 Å². The molecule has 1 aromatic heterocycles. The second-order valence-electron chi connectivity index (χ2n) is 14.1. The molecule has 0 aliphatic carbocycles. The smallest absolute Gasteiger partial charge is 0.187 e. The minimum atomic E-state index is -0.507. The van der Waals surface area contributed by atoms with Crippen LogP contribution in [0.4, 0.5) is 10.1 Å². The molecule has 6 heteroatoms. The van der Waals surface area contributed by atoms with Gasteiger partial charge in [-0.25, -0.2) is 24.2 Å². The number of hydrogen-bond donors (Lipinski definition) is 0. The van der Waals surface area contributed by atoms with E-state index in [1.807, 2.05) is 54.6 Å². The minimum absolute atomic E-state index is 0.302. The summed E-state index contributed by atoms with van der Waals surface area (Å²) in [6.07, 6.45) is 0. The first kappa shape index (κ1) is 33.6. The first-order valence-electron chi connectivity index (χ1n) is 18.1. The predicted octanol–water partition coefficient (Wildman–Crippen LogP) is 12.9. The highest BCUT2D eigenvalue weighted by atomic mass is 19.1. The van der Waals surface area contributed by atoms with Gasteiger partial charge >= 0.3 is 0 Å². The van der Waals surface area contributed by atoms with Crippen LogP contribution in [0.5, 0.6) is 5.75 Å². The van der Waals surface area contributed by atoms with Gasteiger partial charge in [0.15, 0.2) is 23.2 Å². The average Bonchev–Trinajstić information content (AvgIpc) is 3.24. The average molecular weight is 713 g/mol. The maximum atomic E-state index is 14.1. The third kappa shape index (κ3) is 6.53. The number of halogens is 1. The topological polar surface area (TPSA) is 52.3 Å². The van der Waals surface area contributed by atoms with Gasteiger partial charge in [0.2, 0.25) is 0 Å². The molecule has 0 bridgehead atoms. The van der Waals surface area contributed by atoms with Crippen molar-refractivity contribution < 1.29 is 9.13 Å². The third-order valence-corrected chi connectivity index (χ3v) is 10.1. The Kier molecular flexibility index (Phi) is 8.33. The van der Waals surface area contributed by atoms with E-state index in [9.17, 15) is 4.39 Å². The number of fused-ring (bicyclic) bond motifs is 3. The molecule has 0 spiro atoms. The Bertz CT molecular complexity index is 2750. The van der Waals surface area contributed by atoms with E-state index in [4.69, 9.17) is 26.3 Å². The zero-order chi connectivity index (χ0) is 37.5. The summed E-state index contributed by atoms with van der Waals surface area (Å²) in [5.41, 5.74) is 11.6. The number of aromatic nitrogens is 3. The lowest BCUT2D eigenvalue weighted by Gasteiger charge is -2.35. The van der Waals surface area contributed by atoms with Crippen molar-refractivity contribution in [2.45, 2.75) is 19.4 Å². The van der Waals surface area contributed by atoms with Crippen molar-refractivity contribution in [3.8, 4) is 84.4 Å². The first-order chi connectivity index (χ1) is 26.8. The molecule has 9 rings (SSSR count). The molecule has 7 aromatic carbocycles. The van der Waals surface area contributed by atoms with Gasteiger partial charge in [-0.1, -0.05) is 127 Å². The number of rotatable bonds is 6. The standard InChI is InChI=1S/C49H33FN4O/c1-49(2)44-12-8-7-11-42(44)43-26-21-36(30-45(43)55-49)38-27-37(33-17-22-40(50)23-18-33)28-39(29-38)48-53-46(52-47(54-48)35-19-24-41(51-3)25-20-35)34-15-13-32(14-16-34)31-9-5-4-6-10-31/h4-30H,1-2H3. The Morgan fingerprint density at radius 1 is 0.473 bits per heavy atom. The van der Waals surface area contributed by atoms with E-state index in [2.05, 4.69) is 91.5 Å². The SMILES string of the molecule is [C-]#[N+]c1ccc(-c2nc(-c3ccc(-c4ccccc4)cc3)nc(-c3cc(-c4ccc(F)cc4)cc(-c4ccc5c(c4)OC(C)(C)c4ccccc4-5)c3)n2)cc1. The Hall–Kier alpha value is -7.23. The van der Waals surface area contributed by atoms with E-state index < -0.39 is 5.60 Å². The van der Waals surface area contributed by atoms with E-state index in [0.29, 0.717) is 23.2 Å². The van der Waals surface area contributed by atoms with Gasteiger partial charge in [0, 0.05) is 27.8 Å². The minimum Gasteiger partial charge on any atom is -0.482 e. The Labute approximate surface area is 319 Å². The van der Waals surface area contributed by atoms with Crippen LogP contribution in [-0.2, 0) is 5.60 Å². The van der Waals surface area contributed by atoms with Crippen molar-refractivity contribution in [3.63, 3.8) is 0 Å².